The molecule has 3 aromatic heterocycles. The summed E-state index contributed by atoms with van der Waals surface area (Å²) < 4.78 is 30.2. The molecule has 130 valence electrons. The van der Waals surface area contributed by atoms with Gasteiger partial charge in [0.1, 0.15) is 11.8 Å². The monoisotopic (exact) mass is 399 g/mol. The van der Waals surface area contributed by atoms with Crippen LogP contribution in [0.15, 0.2) is 41.7 Å². The van der Waals surface area contributed by atoms with E-state index in [4.69, 9.17) is 27.9 Å². The molecule has 0 aromatic carbocycles. The van der Waals surface area contributed by atoms with E-state index in [-0.39, 0.29) is 28.3 Å². The van der Waals surface area contributed by atoms with Crippen LogP contribution >= 0.6 is 23.2 Å². The van der Waals surface area contributed by atoms with Gasteiger partial charge < -0.3 is 4.74 Å². The molecule has 0 atom stereocenters. The molecule has 3 rings (SSSR count). The van der Waals surface area contributed by atoms with Gasteiger partial charge in [-0.1, -0.05) is 29.3 Å². The summed E-state index contributed by atoms with van der Waals surface area (Å²) in [7, 11) is -3.63. The number of aromatic nitrogens is 3. The number of hydrogen-bond donors (Lipinski definition) is 0. The predicted molar refractivity (Wildman–Crippen MR) is 91.7 cm³/mol. The molecule has 0 aliphatic rings. The van der Waals surface area contributed by atoms with Crippen molar-refractivity contribution in [2.75, 3.05) is 6.26 Å². The van der Waals surface area contributed by atoms with Crippen molar-refractivity contribution < 1.29 is 17.9 Å². The van der Waals surface area contributed by atoms with Gasteiger partial charge in [-0.25, -0.2) is 23.2 Å². The number of rotatable bonds is 4. The third kappa shape index (κ3) is 3.60. The van der Waals surface area contributed by atoms with Crippen molar-refractivity contribution in [1.82, 2.24) is 14.4 Å². The smallest absolute Gasteiger partial charge is 0.359 e. The van der Waals surface area contributed by atoms with Crippen LogP contribution in [0.1, 0.15) is 16.2 Å². The van der Waals surface area contributed by atoms with Crippen molar-refractivity contribution in [1.29, 1.82) is 0 Å². The molecule has 0 amide bonds. The molecule has 0 unspecified atom stereocenters. The standard InChI is InChI=1S/C15H11Cl2N3O4S/c1-25(22,23)15-19-13(11-4-2-3-7-20(11)15)14(21)24-8-10-9(16)5-6-12(17)18-10/h2-7H,8H2,1H3. The highest BCUT2D eigenvalue weighted by molar-refractivity contribution is 7.90. The van der Waals surface area contributed by atoms with E-state index in [0.29, 0.717) is 10.5 Å². The maximum atomic E-state index is 12.4. The molecular formula is C15H11Cl2N3O4S. The maximum Gasteiger partial charge on any atom is 0.359 e. The lowest BCUT2D eigenvalue weighted by atomic mass is 10.3. The van der Waals surface area contributed by atoms with Crippen molar-refractivity contribution in [2.45, 2.75) is 11.8 Å². The molecule has 7 nitrogen and oxygen atoms in total. The van der Waals surface area contributed by atoms with Crippen molar-refractivity contribution in [3.05, 3.63) is 58.1 Å². The highest BCUT2D eigenvalue weighted by Gasteiger charge is 2.24. The van der Waals surface area contributed by atoms with Crippen LogP contribution in [-0.4, -0.2) is 35.0 Å². The summed E-state index contributed by atoms with van der Waals surface area (Å²) in [6.07, 6.45) is 2.52. The lowest BCUT2D eigenvalue weighted by Crippen LogP contribution is -2.08. The molecule has 0 aliphatic carbocycles. The van der Waals surface area contributed by atoms with Crippen LogP contribution in [0.25, 0.3) is 5.52 Å². The normalized spacial score (nSPS) is 11.6. The minimum Gasteiger partial charge on any atom is -0.454 e. The van der Waals surface area contributed by atoms with E-state index in [0.717, 1.165) is 6.26 Å². The number of sulfone groups is 1. The van der Waals surface area contributed by atoms with Gasteiger partial charge in [0, 0.05) is 12.5 Å². The molecule has 0 bridgehead atoms. The Kier molecular flexibility index (Phi) is 4.68. The van der Waals surface area contributed by atoms with Crippen molar-refractivity contribution in [2.24, 2.45) is 0 Å². The average molecular weight is 400 g/mol. The Bertz CT molecular complexity index is 1080. The first-order valence-electron chi connectivity index (χ1n) is 6.92. The molecule has 3 aromatic rings. The second-order valence-corrected chi connectivity index (χ2v) is 7.81. The van der Waals surface area contributed by atoms with Gasteiger partial charge in [0.15, 0.2) is 5.69 Å². The number of ether oxygens (including phenoxy) is 1. The van der Waals surface area contributed by atoms with E-state index in [1.54, 1.807) is 18.2 Å². The minimum atomic E-state index is -3.63. The Labute approximate surface area is 153 Å². The SMILES string of the molecule is CS(=O)(=O)c1nc(C(=O)OCc2nc(Cl)ccc2Cl)c2ccccn12. The van der Waals surface area contributed by atoms with Gasteiger partial charge in [-0.2, -0.15) is 0 Å². The molecule has 0 saturated carbocycles. The fourth-order valence-electron chi connectivity index (χ4n) is 2.18. The van der Waals surface area contributed by atoms with Gasteiger partial charge in [0.2, 0.25) is 15.0 Å². The Hall–Kier alpha value is -2.16. The van der Waals surface area contributed by atoms with Gasteiger partial charge in [0.05, 0.1) is 16.2 Å². The van der Waals surface area contributed by atoms with Crippen LogP contribution in [-0.2, 0) is 21.2 Å². The van der Waals surface area contributed by atoms with E-state index in [2.05, 4.69) is 9.97 Å². The predicted octanol–water partition coefficient (Wildman–Crippen LogP) is 2.80. The summed E-state index contributed by atoms with van der Waals surface area (Å²) in [6.45, 7) is -0.224. The molecule has 3 heterocycles. The first-order chi connectivity index (χ1) is 11.8. The lowest BCUT2D eigenvalue weighted by Gasteiger charge is -2.05. The zero-order chi connectivity index (χ0) is 18.2. The van der Waals surface area contributed by atoms with Gasteiger partial charge in [-0.3, -0.25) is 4.40 Å². The number of halogens is 2. The first kappa shape index (κ1) is 17.7. The second-order valence-electron chi connectivity index (χ2n) is 5.11. The lowest BCUT2D eigenvalue weighted by molar-refractivity contribution is 0.0463. The fraction of sp³-hybridized carbons (Fsp3) is 0.133. The van der Waals surface area contributed by atoms with E-state index >= 15 is 0 Å². The van der Waals surface area contributed by atoms with E-state index in [1.807, 2.05) is 0 Å². The van der Waals surface area contributed by atoms with Crippen LogP contribution in [0.5, 0.6) is 0 Å². The van der Waals surface area contributed by atoms with E-state index < -0.39 is 15.8 Å². The highest BCUT2D eigenvalue weighted by atomic mass is 35.5. The van der Waals surface area contributed by atoms with Crippen molar-refractivity contribution in [3.8, 4) is 0 Å². The van der Waals surface area contributed by atoms with Gasteiger partial charge >= 0.3 is 5.97 Å². The summed E-state index contributed by atoms with van der Waals surface area (Å²) in [6, 6.07) is 7.91. The van der Waals surface area contributed by atoms with E-state index in [1.165, 1.54) is 22.7 Å². The Morgan fingerprint density at radius 1 is 1.20 bits per heavy atom. The Balaban J connectivity index is 1.94. The first-order valence-corrected chi connectivity index (χ1v) is 9.57. The molecular weight excluding hydrogens is 389 g/mol. The summed E-state index contributed by atoms with van der Waals surface area (Å²) in [5, 5.41) is 0.264. The molecule has 0 saturated heterocycles. The van der Waals surface area contributed by atoms with E-state index in [9.17, 15) is 13.2 Å². The molecule has 0 radical (unpaired) electrons. The number of nitrogens with zero attached hydrogens (tertiary/aromatic N) is 3. The highest BCUT2D eigenvalue weighted by Crippen LogP contribution is 2.20. The zero-order valence-corrected chi connectivity index (χ0v) is 15.1. The summed E-state index contributed by atoms with van der Waals surface area (Å²) in [5.41, 5.74) is 0.492. The molecule has 0 fully saturated rings. The number of carbonyl (C=O) groups excluding carboxylic acids is 1. The molecule has 0 N–H and O–H groups in total. The van der Waals surface area contributed by atoms with Crippen molar-refractivity contribution >= 4 is 44.5 Å². The number of fused-ring (bicyclic) bond motifs is 1. The molecule has 10 heteroatoms. The minimum absolute atomic E-state index is 0.112. The topological polar surface area (TPSA) is 90.6 Å². The number of imidazole rings is 1. The number of pyridine rings is 2. The summed E-state index contributed by atoms with van der Waals surface area (Å²) >= 11 is 11.8. The second kappa shape index (κ2) is 6.62. The van der Waals surface area contributed by atoms with Crippen LogP contribution < -0.4 is 0 Å². The van der Waals surface area contributed by atoms with Crippen LogP contribution in [0, 0.1) is 0 Å². The zero-order valence-electron chi connectivity index (χ0n) is 12.8. The van der Waals surface area contributed by atoms with Crippen LogP contribution in [0.4, 0.5) is 0 Å². The largest absolute Gasteiger partial charge is 0.454 e. The maximum absolute atomic E-state index is 12.4. The van der Waals surface area contributed by atoms with Gasteiger partial charge in [0.25, 0.3) is 0 Å². The third-order valence-electron chi connectivity index (χ3n) is 3.27. The van der Waals surface area contributed by atoms with Crippen molar-refractivity contribution in [3.63, 3.8) is 0 Å². The number of carbonyl (C=O) groups is 1. The summed E-state index contributed by atoms with van der Waals surface area (Å²) in [4.78, 5) is 20.3. The number of hydrogen-bond acceptors (Lipinski definition) is 6. The summed E-state index contributed by atoms with van der Waals surface area (Å²) in [5.74, 6) is -0.795. The van der Waals surface area contributed by atoms with Gasteiger partial charge in [-0.05, 0) is 24.3 Å². The molecule has 25 heavy (non-hydrogen) atoms. The van der Waals surface area contributed by atoms with Gasteiger partial charge in [-0.15, -0.1) is 0 Å². The fourth-order valence-corrected chi connectivity index (χ4v) is 3.28. The Morgan fingerprint density at radius 3 is 2.68 bits per heavy atom. The third-order valence-corrected chi connectivity index (χ3v) is 4.77. The number of esters is 1. The Morgan fingerprint density at radius 2 is 1.96 bits per heavy atom. The van der Waals surface area contributed by atoms with Crippen LogP contribution in [0.2, 0.25) is 10.2 Å². The molecule has 0 spiro atoms. The molecule has 0 aliphatic heterocycles. The quantitative estimate of drug-likeness (QED) is 0.494. The average Bonchev–Trinajstić information content (AvgIpc) is 2.95. The van der Waals surface area contributed by atoms with Crippen LogP contribution in [0.3, 0.4) is 0 Å².